The van der Waals surface area contributed by atoms with Crippen LogP contribution in [0.4, 0.5) is 10.1 Å². The number of rotatable bonds is 3. The molecule has 3 rings (SSSR count). The Balaban J connectivity index is 1.90. The molecule has 5 nitrogen and oxygen atoms in total. The van der Waals surface area contributed by atoms with Gasteiger partial charge in [0, 0.05) is 5.39 Å². The van der Waals surface area contributed by atoms with Gasteiger partial charge in [0.15, 0.2) is 11.4 Å². The summed E-state index contributed by atoms with van der Waals surface area (Å²) in [4.78, 5) is 4.38. The van der Waals surface area contributed by atoms with Crippen molar-refractivity contribution in [3.63, 3.8) is 0 Å². The maximum atomic E-state index is 13.3. The molecular weight excluding hydrogens is 325 g/mol. The quantitative estimate of drug-likeness (QED) is 0.342. The van der Waals surface area contributed by atoms with Crippen LogP contribution in [0.3, 0.4) is 0 Å². The second-order valence-electron chi connectivity index (χ2n) is 5.03. The number of benzene rings is 2. The highest BCUT2D eigenvalue weighted by molar-refractivity contribution is 8.13. The standard InChI is InChI=1S/C17H14FN5S/c1-24-17(20-11-19)22-15-5-6-16-13(8-15)9-21-23(16)10-12-3-2-4-14(18)7-12/h2-9H,10H2,1H3,(H,20,22). The molecule has 1 N–H and O–H groups in total. The van der Waals surface area contributed by atoms with Crippen LogP contribution in [0.15, 0.2) is 53.7 Å². The molecule has 0 saturated carbocycles. The molecule has 0 radical (unpaired) electrons. The van der Waals surface area contributed by atoms with Gasteiger partial charge in [-0.1, -0.05) is 23.9 Å². The van der Waals surface area contributed by atoms with E-state index in [1.54, 1.807) is 12.3 Å². The third-order valence-corrected chi connectivity index (χ3v) is 4.01. The zero-order valence-corrected chi connectivity index (χ0v) is 13.7. The lowest BCUT2D eigenvalue weighted by atomic mass is 10.2. The van der Waals surface area contributed by atoms with Crippen LogP contribution in [0, 0.1) is 17.3 Å². The van der Waals surface area contributed by atoms with Gasteiger partial charge in [-0.3, -0.25) is 10.00 Å². The molecule has 1 heterocycles. The number of nitrogens with one attached hydrogen (secondary N) is 1. The number of aliphatic imine (C=N–C) groups is 1. The van der Waals surface area contributed by atoms with Gasteiger partial charge in [0.2, 0.25) is 0 Å². The Labute approximate surface area is 142 Å². The molecule has 120 valence electrons. The molecule has 0 atom stereocenters. The van der Waals surface area contributed by atoms with E-state index in [1.165, 1.54) is 23.9 Å². The Kier molecular flexibility index (Phi) is 4.77. The number of amidine groups is 1. The summed E-state index contributed by atoms with van der Waals surface area (Å²) >= 11 is 1.36. The lowest BCUT2D eigenvalue weighted by Crippen LogP contribution is -2.12. The fourth-order valence-corrected chi connectivity index (χ4v) is 2.71. The fraction of sp³-hybridized carbons (Fsp3) is 0.118. The number of aromatic nitrogens is 2. The zero-order chi connectivity index (χ0) is 16.9. The fourth-order valence-electron chi connectivity index (χ4n) is 2.37. The minimum Gasteiger partial charge on any atom is -0.271 e. The SMILES string of the molecule is CSC(=Nc1ccc2c(cnn2Cc2cccc(F)c2)c1)NC#N. The van der Waals surface area contributed by atoms with Crippen LogP contribution in [-0.2, 0) is 6.54 Å². The van der Waals surface area contributed by atoms with Crippen molar-refractivity contribution in [3.05, 3.63) is 60.0 Å². The Morgan fingerprint density at radius 2 is 2.25 bits per heavy atom. The number of nitriles is 1. The minimum atomic E-state index is -0.254. The first-order valence-corrected chi connectivity index (χ1v) is 8.40. The van der Waals surface area contributed by atoms with Crippen LogP contribution < -0.4 is 5.32 Å². The number of fused-ring (bicyclic) bond motifs is 1. The second kappa shape index (κ2) is 7.15. The monoisotopic (exact) mass is 339 g/mol. The van der Waals surface area contributed by atoms with Gasteiger partial charge in [-0.05, 0) is 42.2 Å². The van der Waals surface area contributed by atoms with Crippen LogP contribution in [0.5, 0.6) is 0 Å². The molecule has 0 aliphatic rings. The average molecular weight is 339 g/mol. The topological polar surface area (TPSA) is 66.0 Å². The Morgan fingerprint density at radius 3 is 3.00 bits per heavy atom. The van der Waals surface area contributed by atoms with Crippen LogP contribution in [0.1, 0.15) is 5.56 Å². The van der Waals surface area contributed by atoms with E-state index in [9.17, 15) is 4.39 Å². The van der Waals surface area contributed by atoms with Gasteiger partial charge in [0.1, 0.15) is 5.82 Å². The summed E-state index contributed by atoms with van der Waals surface area (Å²) in [6.45, 7) is 0.496. The first-order chi connectivity index (χ1) is 11.7. The summed E-state index contributed by atoms with van der Waals surface area (Å²) < 4.78 is 15.1. The largest absolute Gasteiger partial charge is 0.271 e. The summed E-state index contributed by atoms with van der Waals surface area (Å²) in [7, 11) is 0. The normalized spacial score (nSPS) is 11.5. The predicted molar refractivity (Wildman–Crippen MR) is 94.6 cm³/mol. The highest BCUT2D eigenvalue weighted by Crippen LogP contribution is 2.22. The van der Waals surface area contributed by atoms with E-state index >= 15 is 0 Å². The van der Waals surface area contributed by atoms with Crippen LogP contribution >= 0.6 is 11.8 Å². The predicted octanol–water partition coefficient (Wildman–Crippen LogP) is 3.64. The molecule has 0 fully saturated rings. The molecule has 0 aliphatic heterocycles. The highest BCUT2D eigenvalue weighted by atomic mass is 32.2. The van der Waals surface area contributed by atoms with Crippen molar-refractivity contribution in [2.45, 2.75) is 6.54 Å². The van der Waals surface area contributed by atoms with Crippen molar-refractivity contribution in [2.24, 2.45) is 4.99 Å². The molecule has 2 aromatic carbocycles. The molecule has 0 aliphatic carbocycles. The summed E-state index contributed by atoms with van der Waals surface area (Å²) in [5.41, 5.74) is 2.53. The Morgan fingerprint density at radius 1 is 1.38 bits per heavy atom. The average Bonchev–Trinajstić information content (AvgIpc) is 2.97. The van der Waals surface area contributed by atoms with Crippen molar-refractivity contribution in [1.82, 2.24) is 15.1 Å². The molecule has 0 spiro atoms. The number of halogens is 1. The van der Waals surface area contributed by atoms with E-state index < -0.39 is 0 Å². The third-order valence-electron chi connectivity index (χ3n) is 3.43. The minimum absolute atomic E-state index is 0.254. The molecule has 24 heavy (non-hydrogen) atoms. The summed E-state index contributed by atoms with van der Waals surface area (Å²) in [5, 5.41) is 17.1. The van der Waals surface area contributed by atoms with Gasteiger partial charge in [-0.25, -0.2) is 9.38 Å². The van der Waals surface area contributed by atoms with Gasteiger partial charge in [0.05, 0.1) is 23.9 Å². The lowest BCUT2D eigenvalue weighted by molar-refractivity contribution is 0.621. The number of nitrogens with zero attached hydrogens (tertiary/aromatic N) is 4. The second-order valence-corrected chi connectivity index (χ2v) is 5.83. The summed E-state index contributed by atoms with van der Waals surface area (Å²) in [5.74, 6) is -0.254. The van der Waals surface area contributed by atoms with Crippen molar-refractivity contribution < 1.29 is 4.39 Å². The van der Waals surface area contributed by atoms with Gasteiger partial charge in [-0.15, -0.1) is 0 Å². The smallest absolute Gasteiger partial charge is 0.183 e. The molecule has 3 aromatic rings. The van der Waals surface area contributed by atoms with Crippen molar-refractivity contribution in [3.8, 4) is 6.19 Å². The van der Waals surface area contributed by atoms with E-state index in [4.69, 9.17) is 5.26 Å². The van der Waals surface area contributed by atoms with E-state index in [0.29, 0.717) is 11.7 Å². The van der Waals surface area contributed by atoms with Crippen molar-refractivity contribution in [1.29, 1.82) is 5.26 Å². The van der Waals surface area contributed by atoms with Gasteiger partial charge in [0.25, 0.3) is 0 Å². The maximum absolute atomic E-state index is 13.3. The molecule has 0 amide bonds. The van der Waals surface area contributed by atoms with Crippen LogP contribution in [0.25, 0.3) is 10.9 Å². The summed E-state index contributed by atoms with van der Waals surface area (Å²) in [6, 6.07) is 12.2. The molecular formula is C17H14FN5S. The first-order valence-electron chi connectivity index (χ1n) is 7.17. The van der Waals surface area contributed by atoms with Gasteiger partial charge < -0.3 is 0 Å². The zero-order valence-electron chi connectivity index (χ0n) is 12.9. The number of thioether (sulfide) groups is 1. The van der Waals surface area contributed by atoms with Crippen molar-refractivity contribution in [2.75, 3.05) is 6.26 Å². The molecule has 0 bridgehead atoms. The van der Waals surface area contributed by atoms with E-state index in [1.807, 2.05) is 41.4 Å². The highest BCUT2D eigenvalue weighted by Gasteiger charge is 2.06. The van der Waals surface area contributed by atoms with Crippen LogP contribution in [-0.4, -0.2) is 21.2 Å². The van der Waals surface area contributed by atoms with Crippen molar-refractivity contribution >= 4 is 33.5 Å². The van der Waals surface area contributed by atoms with E-state index in [2.05, 4.69) is 15.4 Å². The summed E-state index contributed by atoms with van der Waals surface area (Å²) in [6.07, 6.45) is 5.46. The van der Waals surface area contributed by atoms with Crippen LogP contribution in [0.2, 0.25) is 0 Å². The van der Waals surface area contributed by atoms with Gasteiger partial charge in [-0.2, -0.15) is 10.4 Å². The first kappa shape index (κ1) is 16.0. The molecule has 0 saturated heterocycles. The Hall–Kier alpha value is -2.85. The molecule has 1 aromatic heterocycles. The van der Waals surface area contributed by atoms with Gasteiger partial charge >= 0.3 is 0 Å². The third kappa shape index (κ3) is 3.55. The molecule has 0 unspecified atom stereocenters. The lowest BCUT2D eigenvalue weighted by Gasteiger charge is -2.05. The Bertz CT molecular complexity index is 942. The molecule has 7 heteroatoms. The van der Waals surface area contributed by atoms with E-state index in [0.717, 1.165) is 22.2 Å². The number of hydrogen-bond donors (Lipinski definition) is 1. The maximum Gasteiger partial charge on any atom is 0.183 e. The van der Waals surface area contributed by atoms with E-state index in [-0.39, 0.29) is 5.82 Å². The number of hydrogen-bond acceptors (Lipinski definition) is 4.